The molecule has 0 atom stereocenters. The summed E-state index contributed by atoms with van der Waals surface area (Å²) in [6.07, 6.45) is 8.61. The molecule has 0 heterocycles. The maximum Gasteiger partial charge on any atom is 0.337 e. The van der Waals surface area contributed by atoms with E-state index in [1.165, 1.54) is 24.8 Å². The van der Waals surface area contributed by atoms with Gasteiger partial charge in [-0.05, 0) is 141 Å². The minimum absolute atomic E-state index is 0.00253. The number of ether oxygens (including phenoxy) is 3. The number of esters is 1. The summed E-state index contributed by atoms with van der Waals surface area (Å²) >= 11 is 6.11. The van der Waals surface area contributed by atoms with Crippen molar-refractivity contribution in [2.45, 2.75) is 87.0 Å². The first-order valence-corrected chi connectivity index (χ1v) is 19.8. The molecule has 0 aromatic heterocycles. The molecule has 7 heteroatoms. The van der Waals surface area contributed by atoms with E-state index in [0.29, 0.717) is 34.1 Å². The Bertz CT molecular complexity index is 2160. The molecule has 0 amide bonds. The zero-order chi connectivity index (χ0) is 41.2. The molecular formula is C49H57ClF2O4. The summed E-state index contributed by atoms with van der Waals surface area (Å²) in [7, 11) is 4.53. The normalized spacial score (nSPS) is 17.8. The van der Waals surface area contributed by atoms with Crippen LogP contribution in [0.2, 0.25) is 0 Å². The van der Waals surface area contributed by atoms with Crippen LogP contribution in [0.1, 0.15) is 108 Å². The first-order chi connectivity index (χ1) is 26.2. The molecule has 298 valence electrons. The van der Waals surface area contributed by atoms with Crippen LogP contribution >= 0.6 is 11.6 Å². The average Bonchev–Trinajstić information content (AvgIpc) is 3.12. The fourth-order valence-electron chi connectivity index (χ4n) is 9.26. The minimum atomic E-state index is -0.404. The Kier molecular flexibility index (Phi) is 12.7. The summed E-state index contributed by atoms with van der Waals surface area (Å²) in [4.78, 5) is 12.2. The smallest absolute Gasteiger partial charge is 0.337 e. The summed E-state index contributed by atoms with van der Waals surface area (Å²) in [6.45, 7) is 18.1. The topological polar surface area (TPSA) is 44.8 Å². The van der Waals surface area contributed by atoms with Gasteiger partial charge in [0.15, 0.2) is 0 Å². The molecule has 2 aliphatic carbocycles. The molecule has 4 aromatic rings. The van der Waals surface area contributed by atoms with Gasteiger partial charge in [-0.1, -0.05) is 85.7 Å². The minimum Gasteiger partial charge on any atom is -0.497 e. The van der Waals surface area contributed by atoms with E-state index >= 15 is 0 Å². The lowest BCUT2D eigenvalue weighted by Gasteiger charge is -2.40. The molecule has 4 aromatic carbocycles. The van der Waals surface area contributed by atoms with Crippen LogP contribution in [0, 0.1) is 33.3 Å². The van der Waals surface area contributed by atoms with Gasteiger partial charge < -0.3 is 14.2 Å². The van der Waals surface area contributed by atoms with Crippen molar-refractivity contribution in [2.75, 3.05) is 21.3 Å². The van der Waals surface area contributed by atoms with Crippen LogP contribution in [-0.4, -0.2) is 27.3 Å². The van der Waals surface area contributed by atoms with Crippen molar-refractivity contribution in [3.8, 4) is 33.8 Å². The molecule has 0 saturated heterocycles. The third-order valence-corrected chi connectivity index (χ3v) is 10.9. The van der Waals surface area contributed by atoms with Gasteiger partial charge >= 0.3 is 5.97 Å². The summed E-state index contributed by atoms with van der Waals surface area (Å²) in [5.41, 5.74) is 8.85. The van der Waals surface area contributed by atoms with Crippen molar-refractivity contribution in [2.24, 2.45) is 21.7 Å². The molecule has 0 unspecified atom stereocenters. The number of hydrogen-bond acceptors (Lipinski definition) is 4. The van der Waals surface area contributed by atoms with Crippen LogP contribution in [0.4, 0.5) is 8.78 Å². The monoisotopic (exact) mass is 782 g/mol. The van der Waals surface area contributed by atoms with Gasteiger partial charge in [-0.3, -0.25) is 0 Å². The number of allylic oxidation sites excluding steroid dienone is 4. The lowest BCUT2D eigenvalue weighted by Crippen LogP contribution is -2.27. The molecule has 0 saturated carbocycles. The zero-order valence-corrected chi connectivity index (χ0v) is 35.6. The Morgan fingerprint density at radius 3 is 1.45 bits per heavy atom. The van der Waals surface area contributed by atoms with Crippen LogP contribution < -0.4 is 9.47 Å². The number of carbonyl (C=O) groups excluding carboxylic acids is 1. The number of benzene rings is 4. The molecule has 6 rings (SSSR count). The lowest BCUT2D eigenvalue weighted by molar-refractivity contribution is 0.0600. The number of hydrogen-bond donors (Lipinski definition) is 0. The third kappa shape index (κ3) is 10.1. The molecule has 2 aliphatic rings. The highest BCUT2D eigenvalue weighted by Crippen LogP contribution is 2.51. The summed E-state index contributed by atoms with van der Waals surface area (Å²) in [6, 6.07) is 21.0. The number of methoxy groups -OCH3 is 3. The molecule has 0 spiro atoms. The Hall–Kier alpha value is -4.42. The fourth-order valence-corrected chi connectivity index (χ4v) is 9.42. The summed E-state index contributed by atoms with van der Waals surface area (Å²) < 4.78 is 45.1. The van der Waals surface area contributed by atoms with E-state index in [2.05, 4.69) is 73.6 Å². The second-order valence-corrected chi connectivity index (χ2v) is 18.6. The van der Waals surface area contributed by atoms with Gasteiger partial charge in [0, 0.05) is 17.0 Å². The second kappa shape index (κ2) is 16.6. The van der Waals surface area contributed by atoms with Gasteiger partial charge in [0.05, 0.1) is 26.9 Å². The van der Waals surface area contributed by atoms with Gasteiger partial charge in [0.2, 0.25) is 0 Å². The Labute approximate surface area is 337 Å². The van der Waals surface area contributed by atoms with Crippen LogP contribution in [-0.2, 0) is 10.6 Å². The van der Waals surface area contributed by atoms with Gasteiger partial charge in [-0.25, -0.2) is 13.6 Å². The first-order valence-electron chi connectivity index (χ1n) is 19.2. The predicted molar refractivity (Wildman–Crippen MR) is 227 cm³/mol. The highest BCUT2D eigenvalue weighted by molar-refractivity contribution is 6.17. The van der Waals surface area contributed by atoms with Gasteiger partial charge in [-0.15, -0.1) is 11.6 Å². The van der Waals surface area contributed by atoms with E-state index in [1.54, 1.807) is 50.6 Å². The maximum absolute atomic E-state index is 14.8. The van der Waals surface area contributed by atoms with Crippen molar-refractivity contribution in [3.63, 3.8) is 0 Å². The molecule has 0 N–H and O–H groups in total. The third-order valence-electron chi connectivity index (χ3n) is 10.6. The highest BCUT2D eigenvalue weighted by atomic mass is 35.5. The second-order valence-electron chi connectivity index (χ2n) is 18.3. The van der Waals surface area contributed by atoms with E-state index < -0.39 is 5.97 Å². The van der Waals surface area contributed by atoms with Crippen molar-refractivity contribution in [1.82, 2.24) is 0 Å². The quantitative estimate of drug-likeness (QED) is 0.132. The molecule has 4 nitrogen and oxygen atoms in total. The molecule has 0 fully saturated rings. The maximum atomic E-state index is 14.8. The number of carbonyl (C=O) groups is 1. The zero-order valence-electron chi connectivity index (χ0n) is 34.9. The van der Waals surface area contributed by atoms with Gasteiger partial charge in [0.25, 0.3) is 0 Å². The SMILES string of the molecule is COC(=O)c1ccc(-c2cc(OC)ccc2F)c(C2=CC(C)(C)CC(C)(C)C2)c1.COc1ccc(F)c(-c2ccc(CCl)cc2C2=CC(C)(C)CC(C)(C)C2)c1. The highest BCUT2D eigenvalue weighted by Gasteiger charge is 2.36. The van der Waals surface area contributed by atoms with Gasteiger partial charge in [-0.2, -0.15) is 0 Å². The van der Waals surface area contributed by atoms with E-state index in [0.717, 1.165) is 59.1 Å². The van der Waals surface area contributed by atoms with E-state index in [-0.39, 0.29) is 33.3 Å². The van der Waals surface area contributed by atoms with E-state index in [9.17, 15) is 13.6 Å². The number of halogens is 3. The Morgan fingerprint density at radius 1 is 0.589 bits per heavy atom. The van der Waals surface area contributed by atoms with Crippen LogP contribution in [0.25, 0.3) is 33.4 Å². The molecular weight excluding hydrogens is 726 g/mol. The molecule has 0 aliphatic heterocycles. The first kappa shape index (κ1) is 42.7. The molecule has 56 heavy (non-hydrogen) atoms. The van der Waals surface area contributed by atoms with E-state index in [1.807, 2.05) is 18.2 Å². The number of alkyl halides is 1. The summed E-state index contributed by atoms with van der Waals surface area (Å²) in [5.74, 6) is 0.700. The Morgan fingerprint density at radius 2 is 1.04 bits per heavy atom. The number of rotatable bonds is 8. The van der Waals surface area contributed by atoms with Crippen LogP contribution in [0.5, 0.6) is 11.5 Å². The van der Waals surface area contributed by atoms with Crippen LogP contribution in [0.15, 0.2) is 84.9 Å². The van der Waals surface area contributed by atoms with E-state index in [4.69, 9.17) is 25.8 Å². The average molecular weight is 783 g/mol. The largest absolute Gasteiger partial charge is 0.497 e. The Balaban J connectivity index is 0.000000215. The van der Waals surface area contributed by atoms with Gasteiger partial charge in [0.1, 0.15) is 23.1 Å². The standard InChI is InChI=1S/C25H29FO3.C24H28ClFO/c1-24(2)13-17(14-25(3,4)15-24)20-11-16(23(27)29-6)7-9-19(20)21-12-18(28-5)8-10-22(21)26;1-23(2)12-17(13-24(3,4)15-23)20-10-16(14-25)6-8-19(20)21-11-18(27-5)7-9-22(21)26/h7-13H,14-15H2,1-6H3;6-12H,13-15H2,1-5H3. The van der Waals surface area contributed by atoms with Crippen molar-refractivity contribution in [1.29, 1.82) is 0 Å². The predicted octanol–water partition coefficient (Wildman–Crippen LogP) is 14.0. The van der Waals surface area contributed by atoms with Crippen molar-refractivity contribution in [3.05, 3.63) is 119 Å². The summed E-state index contributed by atoms with van der Waals surface area (Å²) in [5, 5.41) is 0. The lowest BCUT2D eigenvalue weighted by atomic mass is 9.65. The molecule has 0 bridgehead atoms. The van der Waals surface area contributed by atoms with Crippen LogP contribution in [0.3, 0.4) is 0 Å². The van der Waals surface area contributed by atoms with Crippen molar-refractivity contribution >= 4 is 28.7 Å². The van der Waals surface area contributed by atoms with Crippen molar-refractivity contribution < 1.29 is 27.8 Å². The molecule has 0 radical (unpaired) electrons. The fraction of sp³-hybridized carbons (Fsp3) is 0.408.